The summed E-state index contributed by atoms with van der Waals surface area (Å²) in [6.45, 7) is 2.38. The van der Waals surface area contributed by atoms with Gasteiger partial charge in [0.05, 0.1) is 17.3 Å². The molecule has 4 nitrogen and oxygen atoms in total. The quantitative estimate of drug-likeness (QED) is 0.875. The third-order valence-electron chi connectivity index (χ3n) is 3.53. The zero-order valence-corrected chi connectivity index (χ0v) is 14.2. The first-order valence-electron chi connectivity index (χ1n) is 6.72. The summed E-state index contributed by atoms with van der Waals surface area (Å²) >= 11 is 11.9. The maximum Gasteiger partial charge on any atom is 0.238 e. The van der Waals surface area contributed by atoms with Gasteiger partial charge in [-0.15, -0.1) is 12.4 Å². The van der Waals surface area contributed by atoms with Crippen LogP contribution in [0.4, 0.5) is 5.69 Å². The fourth-order valence-electron chi connectivity index (χ4n) is 2.39. The first kappa shape index (κ1) is 18.5. The van der Waals surface area contributed by atoms with E-state index in [1.165, 1.54) is 0 Å². The molecule has 7 heteroatoms. The van der Waals surface area contributed by atoms with Gasteiger partial charge >= 0.3 is 0 Å². The Balaban J connectivity index is 0.00000220. The van der Waals surface area contributed by atoms with Gasteiger partial charge in [0.1, 0.15) is 0 Å². The molecule has 21 heavy (non-hydrogen) atoms. The van der Waals surface area contributed by atoms with Crippen molar-refractivity contribution in [1.29, 1.82) is 0 Å². The molecule has 1 aliphatic rings. The topological polar surface area (TPSA) is 44.4 Å². The molecule has 118 valence electrons. The minimum atomic E-state index is -0.0739. The highest BCUT2D eigenvalue weighted by Crippen LogP contribution is 2.25. The summed E-state index contributed by atoms with van der Waals surface area (Å²) in [7, 11) is 1.98. The van der Waals surface area contributed by atoms with Gasteiger partial charge in [-0.2, -0.15) is 0 Å². The van der Waals surface area contributed by atoms with Gasteiger partial charge in [-0.3, -0.25) is 9.69 Å². The number of nitrogens with one attached hydrogen (secondary N) is 2. The van der Waals surface area contributed by atoms with Gasteiger partial charge in [-0.25, -0.2) is 0 Å². The maximum absolute atomic E-state index is 12.1. The number of anilines is 1. The Hall–Kier alpha value is -0.520. The SMILES string of the molecule is CN(CC(=O)Nc1cc(Cl)ccc1Cl)C1CCNCC1.Cl. The van der Waals surface area contributed by atoms with E-state index in [4.69, 9.17) is 23.2 Å². The predicted molar refractivity (Wildman–Crippen MR) is 90.9 cm³/mol. The molecule has 2 N–H and O–H groups in total. The minimum absolute atomic E-state index is 0. The van der Waals surface area contributed by atoms with E-state index in [2.05, 4.69) is 15.5 Å². The van der Waals surface area contributed by atoms with E-state index in [0.29, 0.717) is 28.3 Å². The Morgan fingerprint density at radius 1 is 1.38 bits per heavy atom. The zero-order valence-electron chi connectivity index (χ0n) is 11.9. The van der Waals surface area contributed by atoms with E-state index in [0.717, 1.165) is 25.9 Å². The van der Waals surface area contributed by atoms with Gasteiger partial charge in [0.2, 0.25) is 5.91 Å². The largest absolute Gasteiger partial charge is 0.324 e. The molecule has 0 radical (unpaired) electrons. The van der Waals surface area contributed by atoms with Crippen LogP contribution in [0.3, 0.4) is 0 Å². The average molecular weight is 353 g/mol. The maximum atomic E-state index is 12.1. The molecule has 0 saturated carbocycles. The van der Waals surface area contributed by atoms with Gasteiger partial charge in [-0.1, -0.05) is 23.2 Å². The Kier molecular flexibility index (Phi) is 7.77. The molecular weight excluding hydrogens is 333 g/mol. The van der Waals surface area contributed by atoms with Gasteiger partial charge in [-0.05, 0) is 51.2 Å². The summed E-state index contributed by atoms with van der Waals surface area (Å²) in [4.78, 5) is 14.2. The van der Waals surface area contributed by atoms with Crippen LogP contribution in [-0.4, -0.2) is 43.5 Å². The standard InChI is InChI=1S/C14H19Cl2N3O.ClH/c1-19(11-4-6-17-7-5-11)9-14(20)18-13-8-10(15)2-3-12(13)16;/h2-3,8,11,17H,4-7,9H2,1H3,(H,18,20);1H. The number of carbonyl (C=O) groups excluding carboxylic acids is 1. The van der Waals surface area contributed by atoms with E-state index in [-0.39, 0.29) is 18.3 Å². The number of hydrogen-bond acceptors (Lipinski definition) is 3. The molecule has 1 aromatic carbocycles. The minimum Gasteiger partial charge on any atom is -0.324 e. The summed E-state index contributed by atoms with van der Waals surface area (Å²) in [5, 5.41) is 7.17. The molecule has 0 bridgehead atoms. The highest BCUT2D eigenvalue weighted by molar-refractivity contribution is 6.35. The average Bonchev–Trinajstić information content (AvgIpc) is 2.43. The van der Waals surface area contributed by atoms with Crippen LogP contribution in [-0.2, 0) is 4.79 Å². The summed E-state index contributed by atoms with van der Waals surface area (Å²) in [6, 6.07) is 5.49. The zero-order chi connectivity index (χ0) is 14.5. The summed E-state index contributed by atoms with van der Waals surface area (Å²) in [6.07, 6.45) is 2.14. The molecule has 1 amide bonds. The number of piperidine rings is 1. The number of amides is 1. The van der Waals surface area contributed by atoms with Crippen molar-refractivity contribution in [3.63, 3.8) is 0 Å². The van der Waals surface area contributed by atoms with Gasteiger partial charge in [0, 0.05) is 11.1 Å². The monoisotopic (exact) mass is 351 g/mol. The molecule has 0 atom stereocenters. The van der Waals surface area contributed by atoms with Crippen molar-refractivity contribution in [1.82, 2.24) is 10.2 Å². The molecule has 1 fully saturated rings. The van der Waals surface area contributed by atoms with E-state index in [9.17, 15) is 4.79 Å². The van der Waals surface area contributed by atoms with Crippen LogP contribution in [0.1, 0.15) is 12.8 Å². The number of rotatable bonds is 4. The van der Waals surface area contributed by atoms with Crippen molar-refractivity contribution >= 4 is 47.2 Å². The Morgan fingerprint density at radius 3 is 2.71 bits per heavy atom. The van der Waals surface area contributed by atoms with Crippen molar-refractivity contribution in [2.75, 3.05) is 32.0 Å². The second-order valence-corrected chi connectivity index (χ2v) is 5.91. The van der Waals surface area contributed by atoms with Gasteiger partial charge in [0.15, 0.2) is 0 Å². The van der Waals surface area contributed by atoms with Crippen LogP contribution in [0, 0.1) is 0 Å². The van der Waals surface area contributed by atoms with Crippen LogP contribution < -0.4 is 10.6 Å². The summed E-state index contributed by atoms with van der Waals surface area (Å²) in [5.74, 6) is -0.0739. The molecule has 2 rings (SSSR count). The third-order valence-corrected chi connectivity index (χ3v) is 4.09. The normalized spacial score (nSPS) is 15.6. The van der Waals surface area contributed by atoms with Crippen molar-refractivity contribution in [3.05, 3.63) is 28.2 Å². The molecule has 0 unspecified atom stereocenters. The molecule has 1 saturated heterocycles. The highest BCUT2D eigenvalue weighted by Gasteiger charge is 2.19. The summed E-state index contributed by atoms with van der Waals surface area (Å²) in [5.41, 5.74) is 0.558. The van der Waals surface area contributed by atoms with Crippen molar-refractivity contribution in [2.45, 2.75) is 18.9 Å². The third kappa shape index (κ3) is 5.64. The lowest BCUT2D eigenvalue weighted by atomic mass is 10.1. The second-order valence-electron chi connectivity index (χ2n) is 5.07. The second kappa shape index (κ2) is 8.81. The number of hydrogen-bond donors (Lipinski definition) is 2. The molecule has 0 spiro atoms. The first-order valence-corrected chi connectivity index (χ1v) is 7.47. The molecule has 1 heterocycles. The lowest BCUT2D eigenvalue weighted by Crippen LogP contribution is -2.44. The number of halogens is 3. The van der Waals surface area contributed by atoms with E-state index >= 15 is 0 Å². The molecule has 0 aliphatic carbocycles. The van der Waals surface area contributed by atoms with E-state index in [1.807, 2.05) is 7.05 Å². The van der Waals surface area contributed by atoms with Crippen LogP contribution in [0.15, 0.2) is 18.2 Å². The fraction of sp³-hybridized carbons (Fsp3) is 0.500. The lowest BCUT2D eigenvalue weighted by Gasteiger charge is -2.31. The summed E-state index contributed by atoms with van der Waals surface area (Å²) < 4.78 is 0. The highest BCUT2D eigenvalue weighted by atomic mass is 35.5. The fourth-order valence-corrected chi connectivity index (χ4v) is 2.72. The van der Waals surface area contributed by atoms with Gasteiger partial charge < -0.3 is 10.6 Å². The first-order chi connectivity index (χ1) is 9.56. The molecule has 1 aliphatic heterocycles. The Bertz CT molecular complexity index is 479. The van der Waals surface area contributed by atoms with Crippen molar-refractivity contribution < 1.29 is 4.79 Å². The molecular formula is C14H20Cl3N3O. The Labute approximate surface area is 141 Å². The van der Waals surface area contributed by atoms with Crippen LogP contribution in [0.2, 0.25) is 10.0 Å². The van der Waals surface area contributed by atoms with E-state index < -0.39 is 0 Å². The van der Waals surface area contributed by atoms with Gasteiger partial charge in [0.25, 0.3) is 0 Å². The van der Waals surface area contributed by atoms with Crippen molar-refractivity contribution in [3.8, 4) is 0 Å². The number of nitrogens with zero attached hydrogens (tertiary/aromatic N) is 1. The smallest absolute Gasteiger partial charge is 0.238 e. The predicted octanol–water partition coefficient (Wildman–Crippen LogP) is 3.04. The number of benzene rings is 1. The molecule has 1 aromatic rings. The Morgan fingerprint density at radius 2 is 2.05 bits per heavy atom. The van der Waals surface area contributed by atoms with Crippen molar-refractivity contribution in [2.24, 2.45) is 0 Å². The molecule has 0 aromatic heterocycles. The van der Waals surface area contributed by atoms with E-state index in [1.54, 1.807) is 18.2 Å². The number of likely N-dealkylation sites (N-methyl/N-ethyl adjacent to an activating group) is 1. The van der Waals surface area contributed by atoms with Crippen LogP contribution in [0.5, 0.6) is 0 Å². The van der Waals surface area contributed by atoms with Crippen LogP contribution in [0.25, 0.3) is 0 Å². The van der Waals surface area contributed by atoms with Crippen LogP contribution >= 0.6 is 35.6 Å². The number of carbonyl (C=O) groups is 1. The lowest BCUT2D eigenvalue weighted by molar-refractivity contribution is -0.117.